The van der Waals surface area contributed by atoms with E-state index >= 15 is 0 Å². The van der Waals surface area contributed by atoms with Crippen LogP contribution < -0.4 is 4.74 Å². The summed E-state index contributed by atoms with van der Waals surface area (Å²) < 4.78 is 23.2. The van der Waals surface area contributed by atoms with Gasteiger partial charge in [-0.1, -0.05) is 63.6 Å². The number of unbranched alkanes of at least 4 members (excludes halogenated alkanes) is 6. The average molecular weight is 395 g/mol. The van der Waals surface area contributed by atoms with E-state index in [0.29, 0.717) is 19.8 Å². The van der Waals surface area contributed by atoms with E-state index in [0.717, 1.165) is 18.8 Å². The summed E-state index contributed by atoms with van der Waals surface area (Å²) >= 11 is 0. The maximum atomic E-state index is 5.85. The average Bonchev–Trinajstić information content (AvgIpc) is 2.71. The summed E-state index contributed by atoms with van der Waals surface area (Å²) in [5, 5.41) is 0. The highest BCUT2D eigenvalue weighted by Crippen LogP contribution is 2.10. The fraction of sp³-hybridized carbons (Fsp3) is 0.750. The molecule has 4 heteroatoms. The van der Waals surface area contributed by atoms with Crippen molar-refractivity contribution in [2.75, 3.05) is 26.4 Å². The molecule has 1 aromatic rings. The van der Waals surface area contributed by atoms with Crippen LogP contribution in [0.5, 0.6) is 5.75 Å². The largest absolute Gasteiger partial charge is 0.491 e. The summed E-state index contributed by atoms with van der Waals surface area (Å²) in [6.07, 6.45) is 9.35. The molecule has 1 aromatic carbocycles. The van der Waals surface area contributed by atoms with Gasteiger partial charge in [0, 0.05) is 6.61 Å². The zero-order valence-corrected chi connectivity index (χ0v) is 18.5. The molecule has 0 aliphatic rings. The second-order valence-electron chi connectivity index (χ2n) is 7.71. The molecule has 0 N–H and O–H groups in total. The molecular formula is C24H42O4. The van der Waals surface area contributed by atoms with Crippen LogP contribution in [-0.4, -0.2) is 44.7 Å². The van der Waals surface area contributed by atoms with E-state index in [9.17, 15) is 0 Å². The first kappa shape index (κ1) is 24.9. The Labute approximate surface area is 172 Å². The Morgan fingerprint density at radius 1 is 0.643 bits per heavy atom. The lowest BCUT2D eigenvalue weighted by atomic mass is 10.1. The second-order valence-corrected chi connectivity index (χ2v) is 7.71. The van der Waals surface area contributed by atoms with Gasteiger partial charge in [0.15, 0.2) is 0 Å². The molecule has 0 amide bonds. The maximum Gasteiger partial charge on any atom is 0.119 e. The number of para-hydroxylation sites is 1. The van der Waals surface area contributed by atoms with E-state index in [1.165, 1.54) is 38.5 Å². The van der Waals surface area contributed by atoms with Gasteiger partial charge >= 0.3 is 0 Å². The molecule has 3 atom stereocenters. The van der Waals surface area contributed by atoms with E-state index in [-0.39, 0.29) is 18.3 Å². The molecule has 0 aliphatic heterocycles. The molecule has 0 radical (unpaired) electrons. The van der Waals surface area contributed by atoms with Crippen molar-refractivity contribution in [2.45, 2.75) is 91.0 Å². The van der Waals surface area contributed by atoms with Crippen LogP contribution in [0.2, 0.25) is 0 Å². The predicted octanol–water partition coefficient (Wildman–Crippen LogP) is 6.03. The molecule has 0 heterocycles. The minimum Gasteiger partial charge on any atom is -0.491 e. The van der Waals surface area contributed by atoms with Gasteiger partial charge in [-0.2, -0.15) is 0 Å². The molecule has 0 bridgehead atoms. The summed E-state index contributed by atoms with van der Waals surface area (Å²) in [6.45, 7) is 10.9. The lowest BCUT2D eigenvalue weighted by Crippen LogP contribution is -2.27. The molecule has 3 unspecified atom stereocenters. The molecule has 0 aromatic heterocycles. The number of rotatable bonds is 18. The second kappa shape index (κ2) is 16.8. The van der Waals surface area contributed by atoms with Gasteiger partial charge in [-0.25, -0.2) is 0 Å². The Balaban J connectivity index is 1.96. The molecule has 1 rings (SSSR count). The predicted molar refractivity (Wildman–Crippen MR) is 116 cm³/mol. The quantitative estimate of drug-likeness (QED) is 0.285. The van der Waals surface area contributed by atoms with Gasteiger partial charge in [0.25, 0.3) is 0 Å². The minimum absolute atomic E-state index is 0.0252. The summed E-state index contributed by atoms with van der Waals surface area (Å²) in [5.41, 5.74) is 0. The topological polar surface area (TPSA) is 36.9 Å². The monoisotopic (exact) mass is 394 g/mol. The Kier molecular flexibility index (Phi) is 15.0. The molecule has 0 saturated heterocycles. The minimum atomic E-state index is 0.0252. The van der Waals surface area contributed by atoms with E-state index in [1.807, 2.05) is 44.2 Å². The number of hydrogen-bond acceptors (Lipinski definition) is 4. The van der Waals surface area contributed by atoms with Crippen LogP contribution in [-0.2, 0) is 14.2 Å². The van der Waals surface area contributed by atoms with E-state index in [4.69, 9.17) is 18.9 Å². The summed E-state index contributed by atoms with van der Waals surface area (Å²) in [6, 6.07) is 9.81. The SMILES string of the molecule is CCCCCCCCCOC(C)COC(C)COC(C)COc1ccccc1. The molecule has 162 valence electrons. The van der Waals surface area contributed by atoms with Crippen molar-refractivity contribution in [3.63, 3.8) is 0 Å². The third kappa shape index (κ3) is 14.0. The van der Waals surface area contributed by atoms with Crippen molar-refractivity contribution in [2.24, 2.45) is 0 Å². The highest BCUT2D eigenvalue weighted by molar-refractivity contribution is 5.20. The molecule has 28 heavy (non-hydrogen) atoms. The van der Waals surface area contributed by atoms with Crippen molar-refractivity contribution in [1.82, 2.24) is 0 Å². The number of ether oxygens (including phenoxy) is 4. The fourth-order valence-electron chi connectivity index (χ4n) is 2.82. The summed E-state index contributed by atoms with van der Waals surface area (Å²) in [4.78, 5) is 0. The van der Waals surface area contributed by atoms with Crippen LogP contribution in [0.15, 0.2) is 30.3 Å². The third-order valence-corrected chi connectivity index (χ3v) is 4.61. The first-order valence-corrected chi connectivity index (χ1v) is 11.1. The summed E-state index contributed by atoms with van der Waals surface area (Å²) in [7, 11) is 0. The van der Waals surface area contributed by atoms with Crippen molar-refractivity contribution >= 4 is 0 Å². The third-order valence-electron chi connectivity index (χ3n) is 4.61. The van der Waals surface area contributed by atoms with Crippen LogP contribution in [0.1, 0.15) is 72.6 Å². The molecule has 0 fully saturated rings. The first-order chi connectivity index (χ1) is 13.6. The van der Waals surface area contributed by atoms with Gasteiger partial charge in [-0.3, -0.25) is 0 Å². The van der Waals surface area contributed by atoms with E-state index in [1.54, 1.807) is 0 Å². The Bertz CT molecular complexity index is 451. The van der Waals surface area contributed by atoms with Crippen molar-refractivity contribution in [1.29, 1.82) is 0 Å². The van der Waals surface area contributed by atoms with Gasteiger partial charge in [0.05, 0.1) is 31.5 Å². The highest BCUT2D eigenvalue weighted by atomic mass is 16.6. The van der Waals surface area contributed by atoms with Crippen molar-refractivity contribution in [3.8, 4) is 5.75 Å². The van der Waals surface area contributed by atoms with Crippen LogP contribution >= 0.6 is 0 Å². The zero-order chi connectivity index (χ0) is 20.5. The normalized spacial score (nSPS) is 14.6. The lowest BCUT2D eigenvalue weighted by Gasteiger charge is -2.20. The van der Waals surface area contributed by atoms with Crippen LogP contribution in [0.25, 0.3) is 0 Å². The van der Waals surface area contributed by atoms with E-state index < -0.39 is 0 Å². The number of benzene rings is 1. The fourth-order valence-corrected chi connectivity index (χ4v) is 2.82. The van der Waals surface area contributed by atoms with Crippen molar-refractivity contribution in [3.05, 3.63) is 30.3 Å². The highest BCUT2D eigenvalue weighted by Gasteiger charge is 2.10. The first-order valence-electron chi connectivity index (χ1n) is 11.1. The summed E-state index contributed by atoms with van der Waals surface area (Å²) in [5.74, 6) is 0.870. The van der Waals surface area contributed by atoms with Crippen LogP contribution in [0, 0.1) is 0 Å². The smallest absolute Gasteiger partial charge is 0.119 e. The molecular weight excluding hydrogens is 352 g/mol. The van der Waals surface area contributed by atoms with Gasteiger partial charge in [0.2, 0.25) is 0 Å². The molecule has 0 aliphatic carbocycles. The Morgan fingerprint density at radius 3 is 1.82 bits per heavy atom. The Morgan fingerprint density at radius 2 is 1.18 bits per heavy atom. The van der Waals surface area contributed by atoms with Crippen LogP contribution in [0.4, 0.5) is 0 Å². The zero-order valence-electron chi connectivity index (χ0n) is 18.5. The van der Waals surface area contributed by atoms with E-state index in [2.05, 4.69) is 13.8 Å². The molecule has 0 saturated carbocycles. The van der Waals surface area contributed by atoms with Gasteiger partial charge in [-0.05, 0) is 39.3 Å². The number of hydrogen-bond donors (Lipinski definition) is 0. The molecule has 0 spiro atoms. The van der Waals surface area contributed by atoms with Gasteiger partial charge < -0.3 is 18.9 Å². The van der Waals surface area contributed by atoms with Crippen molar-refractivity contribution < 1.29 is 18.9 Å². The van der Waals surface area contributed by atoms with Crippen LogP contribution in [0.3, 0.4) is 0 Å². The lowest BCUT2D eigenvalue weighted by molar-refractivity contribution is -0.0731. The maximum absolute atomic E-state index is 5.85. The Hall–Kier alpha value is -1.10. The molecule has 4 nitrogen and oxygen atoms in total. The van der Waals surface area contributed by atoms with Gasteiger partial charge in [0.1, 0.15) is 12.4 Å². The standard InChI is InChI=1S/C24H42O4/c1-5-6-7-8-9-10-14-17-25-21(2)18-26-22(3)19-27-23(4)20-28-24-15-12-11-13-16-24/h11-13,15-16,21-23H,5-10,14,17-20H2,1-4H3. The van der Waals surface area contributed by atoms with Gasteiger partial charge in [-0.15, -0.1) is 0 Å².